The first-order valence-corrected chi connectivity index (χ1v) is 8.97. The molecule has 0 saturated heterocycles. The molecule has 0 aromatic heterocycles. The lowest BCUT2D eigenvalue weighted by Crippen LogP contribution is -2.43. The molecule has 0 heterocycles. The number of nitrogens with one attached hydrogen (secondary N) is 1. The Hall–Kier alpha value is -2.02. The largest absolute Gasteiger partial charge is 0.454 e. The first-order valence-electron chi connectivity index (χ1n) is 7.58. The van der Waals surface area contributed by atoms with Gasteiger partial charge in [-0.2, -0.15) is 11.8 Å². The van der Waals surface area contributed by atoms with Crippen molar-refractivity contribution < 1.29 is 19.1 Å². The van der Waals surface area contributed by atoms with E-state index < -0.39 is 12.0 Å². The van der Waals surface area contributed by atoms with Crippen molar-refractivity contribution in [3.8, 4) is 0 Å². The predicted octanol–water partition coefficient (Wildman–Crippen LogP) is 1.48. The summed E-state index contributed by atoms with van der Waals surface area (Å²) in [4.78, 5) is 37.4. The number of hydrogen-bond donors (Lipinski definition) is 1. The summed E-state index contributed by atoms with van der Waals surface area (Å²) in [6, 6.07) is 6.34. The van der Waals surface area contributed by atoms with Gasteiger partial charge in [-0.25, -0.2) is 4.79 Å². The number of carbonyl (C=O) groups excluding carboxylic acids is 3. The van der Waals surface area contributed by atoms with Crippen LogP contribution >= 0.6 is 11.8 Å². The van der Waals surface area contributed by atoms with E-state index in [0.29, 0.717) is 17.7 Å². The third-order valence-electron chi connectivity index (χ3n) is 3.32. The molecular weight excluding hydrogens is 328 g/mol. The number of benzene rings is 1. The van der Waals surface area contributed by atoms with Crippen LogP contribution in [0.15, 0.2) is 24.3 Å². The molecule has 0 saturated carbocycles. The lowest BCUT2D eigenvalue weighted by molar-refractivity contribution is -0.152. The number of ether oxygens (including phenoxy) is 1. The fraction of sp³-hybridized carbons (Fsp3) is 0.471. The minimum Gasteiger partial charge on any atom is -0.454 e. The number of amides is 2. The van der Waals surface area contributed by atoms with Gasteiger partial charge in [0.2, 0.25) is 0 Å². The van der Waals surface area contributed by atoms with Crippen LogP contribution in [0.4, 0.5) is 0 Å². The van der Waals surface area contributed by atoms with Gasteiger partial charge in [0.15, 0.2) is 6.61 Å². The van der Waals surface area contributed by atoms with Crippen LogP contribution in [0.1, 0.15) is 22.3 Å². The van der Waals surface area contributed by atoms with Crippen molar-refractivity contribution in [2.24, 2.45) is 0 Å². The fourth-order valence-electron chi connectivity index (χ4n) is 1.88. The van der Waals surface area contributed by atoms with Crippen LogP contribution in [0.2, 0.25) is 0 Å². The Labute approximate surface area is 146 Å². The van der Waals surface area contributed by atoms with Crippen molar-refractivity contribution >= 4 is 29.5 Å². The number of hydrogen-bond acceptors (Lipinski definition) is 5. The lowest BCUT2D eigenvalue weighted by atomic mass is 10.1. The first kappa shape index (κ1) is 20.0. The van der Waals surface area contributed by atoms with E-state index in [-0.39, 0.29) is 18.4 Å². The smallest absolute Gasteiger partial charge is 0.329 e. The number of esters is 1. The minimum atomic E-state index is -0.777. The topological polar surface area (TPSA) is 75.7 Å². The van der Waals surface area contributed by atoms with Crippen molar-refractivity contribution in [2.45, 2.75) is 19.4 Å². The average molecular weight is 352 g/mol. The number of aryl methyl sites for hydroxylation is 1. The molecule has 0 unspecified atom stereocenters. The molecule has 0 aliphatic heterocycles. The summed E-state index contributed by atoms with van der Waals surface area (Å²) in [5, 5.41) is 2.70. The van der Waals surface area contributed by atoms with Gasteiger partial charge in [0, 0.05) is 19.7 Å². The Morgan fingerprint density at radius 2 is 2.00 bits per heavy atom. The summed E-state index contributed by atoms with van der Waals surface area (Å²) >= 11 is 1.57. The summed E-state index contributed by atoms with van der Waals surface area (Å²) in [6.07, 6.45) is 2.36. The molecule has 0 aliphatic rings. The van der Waals surface area contributed by atoms with E-state index in [1.54, 1.807) is 44.1 Å². The predicted molar refractivity (Wildman–Crippen MR) is 95.1 cm³/mol. The summed E-state index contributed by atoms with van der Waals surface area (Å²) in [7, 11) is 3.17. The van der Waals surface area contributed by atoms with Crippen molar-refractivity contribution in [3.05, 3.63) is 35.4 Å². The third kappa shape index (κ3) is 6.62. The molecule has 7 heteroatoms. The van der Waals surface area contributed by atoms with Gasteiger partial charge in [-0.05, 0) is 37.5 Å². The quantitative estimate of drug-likeness (QED) is 0.717. The van der Waals surface area contributed by atoms with Gasteiger partial charge in [0.1, 0.15) is 6.04 Å². The number of carbonyl (C=O) groups is 3. The molecule has 1 N–H and O–H groups in total. The van der Waals surface area contributed by atoms with Crippen molar-refractivity contribution in [1.29, 1.82) is 0 Å². The van der Waals surface area contributed by atoms with Crippen LogP contribution in [0.5, 0.6) is 0 Å². The van der Waals surface area contributed by atoms with Gasteiger partial charge in [-0.1, -0.05) is 17.7 Å². The molecule has 1 atom stereocenters. The number of rotatable bonds is 8. The number of likely N-dealkylation sites (N-methyl/N-ethyl adjacent to an activating group) is 1. The first-order chi connectivity index (χ1) is 11.3. The van der Waals surface area contributed by atoms with Crippen LogP contribution < -0.4 is 5.32 Å². The maximum absolute atomic E-state index is 12.3. The molecule has 24 heavy (non-hydrogen) atoms. The Kier molecular flexibility index (Phi) is 8.32. The van der Waals surface area contributed by atoms with Gasteiger partial charge >= 0.3 is 5.97 Å². The Balaban J connectivity index is 2.71. The highest BCUT2D eigenvalue weighted by Crippen LogP contribution is 2.07. The highest BCUT2D eigenvalue weighted by Gasteiger charge is 2.23. The molecule has 1 aromatic carbocycles. The fourth-order valence-corrected chi connectivity index (χ4v) is 2.35. The minimum absolute atomic E-state index is 0.308. The van der Waals surface area contributed by atoms with Gasteiger partial charge in [0.25, 0.3) is 11.8 Å². The molecule has 1 rings (SSSR count). The average Bonchev–Trinajstić information content (AvgIpc) is 2.55. The third-order valence-corrected chi connectivity index (χ3v) is 3.96. The highest BCUT2D eigenvalue weighted by atomic mass is 32.2. The molecule has 132 valence electrons. The van der Waals surface area contributed by atoms with E-state index in [9.17, 15) is 14.4 Å². The van der Waals surface area contributed by atoms with Crippen molar-refractivity contribution in [1.82, 2.24) is 10.2 Å². The van der Waals surface area contributed by atoms with Crippen LogP contribution in [-0.4, -0.2) is 61.4 Å². The molecule has 6 nitrogen and oxygen atoms in total. The summed E-state index contributed by atoms with van der Waals surface area (Å²) in [6.45, 7) is 1.56. The van der Waals surface area contributed by atoms with Crippen LogP contribution in [0.25, 0.3) is 0 Å². The van der Waals surface area contributed by atoms with E-state index in [1.807, 2.05) is 19.2 Å². The Morgan fingerprint density at radius 3 is 2.58 bits per heavy atom. The second-order valence-electron chi connectivity index (χ2n) is 5.57. The second kappa shape index (κ2) is 9.97. The SMILES string of the molecule is CSCC[C@@H](NC(=O)c1cccc(C)c1)C(=O)OCC(=O)N(C)C. The maximum atomic E-state index is 12.3. The van der Waals surface area contributed by atoms with E-state index in [2.05, 4.69) is 5.32 Å². The maximum Gasteiger partial charge on any atom is 0.329 e. The standard InChI is InChI=1S/C17H24N2O4S/c1-12-6-5-7-13(10-12)16(21)18-14(8-9-24-4)17(22)23-11-15(20)19(2)3/h5-7,10,14H,8-9,11H2,1-4H3,(H,18,21)/t14-/m1/s1. The van der Waals surface area contributed by atoms with Gasteiger partial charge in [0.05, 0.1) is 0 Å². The van der Waals surface area contributed by atoms with Crippen molar-refractivity contribution in [2.75, 3.05) is 32.7 Å². The zero-order valence-corrected chi connectivity index (χ0v) is 15.3. The monoisotopic (exact) mass is 352 g/mol. The molecular formula is C17H24N2O4S. The highest BCUT2D eigenvalue weighted by molar-refractivity contribution is 7.98. The van der Waals surface area contributed by atoms with E-state index >= 15 is 0 Å². The lowest BCUT2D eigenvalue weighted by Gasteiger charge is -2.18. The van der Waals surface area contributed by atoms with Gasteiger partial charge in [-0.15, -0.1) is 0 Å². The van der Waals surface area contributed by atoms with E-state index in [1.165, 1.54) is 4.90 Å². The van der Waals surface area contributed by atoms with Crippen LogP contribution in [0, 0.1) is 6.92 Å². The summed E-state index contributed by atoms with van der Waals surface area (Å²) < 4.78 is 5.03. The molecule has 0 spiro atoms. The normalized spacial score (nSPS) is 11.5. The molecule has 1 aromatic rings. The number of nitrogens with zero attached hydrogens (tertiary/aromatic N) is 1. The second-order valence-corrected chi connectivity index (χ2v) is 6.56. The van der Waals surface area contributed by atoms with Crippen LogP contribution in [-0.2, 0) is 14.3 Å². The molecule has 0 bridgehead atoms. The van der Waals surface area contributed by atoms with Crippen molar-refractivity contribution in [3.63, 3.8) is 0 Å². The molecule has 0 fully saturated rings. The van der Waals surface area contributed by atoms with E-state index in [0.717, 1.165) is 5.56 Å². The molecule has 0 aliphatic carbocycles. The zero-order chi connectivity index (χ0) is 18.1. The number of thioether (sulfide) groups is 1. The zero-order valence-electron chi connectivity index (χ0n) is 14.5. The van der Waals surface area contributed by atoms with Gasteiger partial charge < -0.3 is 15.0 Å². The van der Waals surface area contributed by atoms with Crippen LogP contribution in [0.3, 0.4) is 0 Å². The van der Waals surface area contributed by atoms with E-state index in [4.69, 9.17) is 4.74 Å². The summed E-state index contributed by atoms with van der Waals surface area (Å²) in [5.74, 6) is -0.548. The Morgan fingerprint density at radius 1 is 1.29 bits per heavy atom. The Bertz CT molecular complexity index is 590. The molecule has 0 radical (unpaired) electrons. The van der Waals surface area contributed by atoms with Gasteiger partial charge in [-0.3, -0.25) is 9.59 Å². The molecule has 2 amide bonds. The summed E-state index contributed by atoms with van der Waals surface area (Å²) in [5.41, 5.74) is 1.45.